The highest BCUT2D eigenvalue weighted by Gasteiger charge is 2.32. The summed E-state index contributed by atoms with van der Waals surface area (Å²) in [5.74, 6) is -0.513. The first-order valence-electron chi connectivity index (χ1n) is 6.95. The Hall–Kier alpha value is -2.18. The molecule has 2 aromatic heterocycles. The van der Waals surface area contributed by atoms with Crippen LogP contribution in [0.15, 0.2) is 18.3 Å². The second-order valence-electron chi connectivity index (χ2n) is 5.49. The van der Waals surface area contributed by atoms with Gasteiger partial charge >= 0.3 is 0 Å². The van der Waals surface area contributed by atoms with Crippen molar-refractivity contribution in [2.75, 3.05) is 0 Å². The number of pyridine rings is 1. The minimum absolute atomic E-state index is 0.0289. The van der Waals surface area contributed by atoms with E-state index in [9.17, 15) is 18.0 Å². The van der Waals surface area contributed by atoms with Crippen LogP contribution in [0.4, 0.5) is 13.2 Å². The SMILES string of the molecule is Cc1nc(-c2cn([C@H]3C[C@H](C=O)C3)nc2C(F)F)ccc1F. The molecule has 116 valence electrons. The number of aldehydes is 1. The second kappa shape index (κ2) is 5.55. The summed E-state index contributed by atoms with van der Waals surface area (Å²) >= 11 is 0. The number of carbonyl (C=O) groups is 1. The summed E-state index contributed by atoms with van der Waals surface area (Å²) < 4.78 is 41.2. The third kappa shape index (κ3) is 2.51. The number of hydrogen-bond donors (Lipinski definition) is 0. The molecule has 2 heterocycles. The van der Waals surface area contributed by atoms with Crippen LogP contribution in [0, 0.1) is 18.7 Å². The average molecular weight is 309 g/mol. The Morgan fingerprint density at radius 3 is 2.68 bits per heavy atom. The van der Waals surface area contributed by atoms with E-state index in [1.54, 1.807) is 0 Å². The summed E-state index contributed by atoms with van der Waals surface area (Å²) in [4.78, 5) is 14.7. The molecule has 0 atom stereocenters. The van der Waals surface area contributed by atoms with Crippen LogP contribution in [-0.2, 0) is 4.79 Å². The standard InChI is InChI=1S/C15H14F3N3O/c1-8-12(16)2-3-13(19-8)11-6-21(20-14(11)15(17)18)10-4-9(5-10)7-22/h2-3,6-7,9-10,15H,4-5H2,1H3/t9-,10-. The molecule has 0 radical (unpaired) electrons. The number of hydrogen-bond acceptors (Lipinski definition) is 3. The van der Waals surface area contributed by atoms with Crippen molar-refractivity contribution in [2.45, 2.75) is 32.2 Å². The highest BCUT2D eigenvalue weighted by atomic mass is 19.3. The van der Waals surface area contributed by atoms with E-state index in [0.717, 1.165) is 6.29 Å². The fourth-order valence-electron chi connectivity index (χ4n) is 2.60. The Labute approximate surface area is 125 Å². The lowest BCUT2D eigenvalue weighted by atomic mass is 9.81. The third-order valence-corrected chi connectivity index (χ3v) is 3.98. The maximum absolute atomic E-state index is 13.3. The van der Waals surface area contributed by atoms with Crippen molar-refractivity contribution >= 4 is 6.29 Å². The first-order valence-corrected chi connectivity index (χ1v) is 6.95. The zero-order chi connectivity index (χ0) is 15.9. The van der Waals surface area contributed by atoms with Gasteiger partial charge in [0.2, 0.25) is 0 Å². The Balaban J connectivity index is 1.97. The van der Waals surface area contributed by atoms with E-state index in [2.05, 4.69) is 10.1 Å². The largest absolute Gasteiger partial charge is 0.303 e. The van der Waals surface area contributed by atoms with Crippen LogP contribution in [0.25, 0.3) is 11.3 Å². The van der Waals surface area contributed by atoms with Gasteiger partial charge in [-0.2, -0.15) is 5.10 Å². The molecule has 0 saturated heterocycles. The second-order valence-corrected chi connectivity index (χ2v) is 5.49. The van der Waals surface area contributed by atoms with Crippen molar-refractivity contribution in [1.82, 2.24) is 14.8 Å². The van der Waals surface area contributed by atoms with Gasteiger partial charge in [0.25, 0.3) is 6.43 Å². The summed E-state index contributed by atoms with van der Waals surface area (Å²) in [5.41, 5.74) is 0.252. The van der Waals surface area contributed by atoms with Gasteiger partial charge in [-0.15, -0.1) is 0 Å². The first kappa shape index (κ1) is 14.7. The van der Waals surface area contributed by atoms with Crippen molar-refractivity contribution in [2.24, 2.45) is 5.92 Å². The summed E-state index contributed by atoms with van der Waals surface area (Å²) in [5, 5.41) is 3.95. The Morgan fingerprint density at radius 2 is 2.09 bits per heavy atom. The van der Waals surface area contributed by atoms with Gasteiger partial charge in [-0.1, -0.05) is 0 Å². The summed E-state index contributed by atoms with van der Waals surface area (Å²) in [6.07, 6.45) is 0.837. The molecule has 0 aromatic carbocycles. The molecule has 0 bridgehead atoms. The molecule has 0 amide bonds. The molecule has 0 N–H and O–H groups in total. The number of carbonyl (C=O) groups excluding carboxylic acids is 1. The molecule has 0 spiro atoms. The first-order chi connectivity index (χ1) is 10.5. The fourth-order valence-corrected chi connectivity index (χ4v) is 2.60. The van der Waals surface area contributed by atoms with Gasteiger partial charge < -0.3 is 4.79 Å². The molecule has 1 saturated carbocycles. The third-order valence-electron chi connectivity index (χ3n) is 3.98. The number of aromatic nitrogens is 3. The minimum Gasteiger partial charge on any atom is -0.303 e. The van der Waals surface area contributed by atoms with E-state index in [-0.39, 0.29) is 34.6 Å². The van der Waals surface area contributed by atoms with E-state index in [1.807, 2.05) is 0 Å². The van der Waals surface area contributed by atoms with Crippen LogP contribution < -0.4 is 0 Å². The molecule has 0 unspecified atom stereocenters. The summed E-state index contributed by atoms with van der Waals surface area (Å²) in [6, 6.07) is 2.52. The minimum atomic E-state index is -2.75. The number of halogens is 3. The van der Waals surface area contributed by atoms with Gasteiger partial charge in [-0.05, 0) is 31.9 Å². The maximum Gasteiger partial charge on any atom is 0.282 e. The molecule has 7 heteroatoms. The highest BCUT2D eigenvalue weighted by molar-refractivity contribution is 5.62. The van der Waals surface area contributed by atoms with Gasteiger partial charge in [-0.3, -0.25) is 4.68 Å². The van der Waals surface area contributed by atoms with Gasteiger partial charge in [-0.25, -0.2) is 18.2 Å². The van der Waals surface area contributed by atoms with Crippen LogP contribution in [0.2, 0.25) is 0 Å². The van der Waals surface area contributed by atoms with Gasteiger partial charge in [0.1, 0.15) is 17.8 Å². The number of aryl methyl sites for hydroxylation is 1. The lowest BCUT2D eigenvalue weighted by Crippen LogP contribution is -2.28. The molecule has 0 aliphatic heterocycles. The molecular formula is C15H14F3N3O. The lowest BCUT2D eigenvalue weighted by molar-refractivity contribution is -0.114. The van der Waals surface area contributed by atoms with E-state index in [1.165, 1.54) is 29.9 Å². The van der Waals surface area contributed by atoms with Gasteiger partial charge in [0.15, 0.2) is 0 Å². The average Bonchev–Trinajstić information content (AvgIpc) is 2.86. The van der Waals surface area contributed by atoms with E-state index in [0.29, 0.717) is 12.8 Å². The Bertz CT molecular complexity index is 708. The van der Waals surface area contributed by atoms with E-state index >= 15 is 0 Å². The van der Waals surface area contributed by atoms with Crippen LogP contribution >= 0.6 is 0 Å². The van der Waals surface area contributed by atoms with Gasteiger partial charge in [0.05, 0.1) is 17.4 Å². The molecule has 1 aliphatic rings. The molecular weight excluding hydrogens is 295 g/mol. The number of rotatable bonds is 4. The van der Waals surface area contributed by atoms with Crippen molar-refractivity contribution in [1.29, 1.82) is 0 Å². The number of alkyl halides is 2. The predicted molar refractivity (Wildman–Crippen MR) is 72.9 cm³/mol. The molecule has 22 heavy (non-hydrogen) atoms. The zero-order valence-corrected chi connectivity index (χ0v) is 11.8. The zero-order valence-electron chi connectivity index (χ0n) is 11.8. The Kier molecular flexibility index (Phi) is 3.72. The topological polar surface area (TPSA) is 47.8 Å². The fraction of sp³-hybridized carbons (Fsp3) is 0.400. The predicted octanol–water partition coefficient (Wildman–Crippen LogP) is 3.48. The normalized spacial score (nSPS) is 21.0. The van der Waals surface area contributed by atoms with Crippen molar-refractivity contribution in [3.63, 3.8) is 0 Å². The van der Waals surface area contributed by atoms with Crippen LogP contribution in [0.5, 0.6) is 0 Å². The number of nitrogens with zero attached hydrogens (tertiary/aromatic N) is 3. The smallest absolute Gasteiger partial charge is 0.282 e. The quantitative estimate of drug-likeness (QED) is 0.812. The highest BCUT2D eigenvalue weighted by Crippen LogP contribution is 2.38. The van der Waals surface area contributed by atoms with Crippen molar-refractivity contribution in [3.8, 4) is 11.3 Å². The van der Waals surface area contributed by atoms with E-state index in [4.69, 9.17) is 0 Å². The molecule has 1 fully saturated rings. The lowest BCUT2D eigenvalue weighted by Gasteiger charge is -2.31. The van der Waals surface area contributed by atoms with Crippen LogP contribution in [-0.4, -0.2) is 21.1 Å². The monoisotopic (exact) mass is 309 g/mol. The van der Waals surface area contributed by atoms with Crippen molar-refractivity contribution < 1.29 is 18.0 Å². The van der Waals surface area contributed by atoms with E-state index < -0.39 is 12.2 Å². The van der Waals surface area contributed by atoms with Crippen molar-refractivity contribution in [3.05, 3.63) is 35.5 Å². The maximum atomic E-state index is 13.3. The molecule has 3 rings (SSSR count). The Morgan fingerprint density at radius 1 is 1.36 bits per heavy atom. The molecule has 1 aliphatic carbocycles. The molecule has 4 nitrogen and oxygen atoms in total. The summed E-state index contributed by atoms with van der Waals surface area (Å²) in [6.45, 7) is 1.48. The van der Waals surface area contributed by atoms with Gasteiger partial charge in [0, 0.05) is 17.7 Å². The van der Waals surface area contributed by atoms with Crippen LogP contribution in [0.1, 0.15) is 36.7 Å². The molecule has 2 aromatic rings. The summed E-state index contributed by atoms with van der Waals surface area (Å²) in [7, 11) is 0. The van der Waals surface area contributed by atoms with Crippen LogP contribution in [0.3, 0.4) is 0 Å².